The van der Waals surface area contributed by atoms with Crippen LogP contribution in [0.1, 0.15) is 35.3 Å². The first kappa shape index (κ1) is 20.0. The predicted octanol–water partition coefficient (Wildman–Crippen LogP) is 5.62. The van der Waals surface area contributed by atoms with Gasteiger partial charge in [-0.15, -0.1) is 0 Å². The summed E-state index contributed by atoms with van der Waals surface area (Å²) >= 11 is 12.2. The number of carbonyl (C=O) groups is 1. The zero-order valence-corrected chi connectivity index (χ0v) is 17.4. The molecule has 0 spiro atoms. The SMILES string of the molecule is O=C(Nc1ccc(CN2CCCCC2)cc1)c1cc(-c2ccc(Cl)cc2Cl)n[nH]1. The van der Waals surface area contributed by atoms with Gasteiger partial charge in [0.05, 0.1) is 10.7 Å². The van der Waals surface area contributed by atoms with Crippen LogP contribution >= 0.6 is 23.2 Å². The van der Waals surface area contributed by atoms with Crippen LogP contribution in [0.3, 0.4) is 0 Å². The number of aromatic amines is 1. The molecule has 2 aromatic carbocycles. The molecular weight excluding hydrogens is 407 g/mol. The van der Waals surface area contributed by atoms with Gasteiger partial charge in [-0.05, 0) is 67.9 Å². The Labute approximate surface area is 180 Å². The number of carbonyl (C=O) groups excluding carboxylic acids is 1. The quantitative estimate of drug-likeness (QED) is 0.553. The number of anilines is 1. The summed E-state index contributed by atoms with van der Waals surface area (Å²) in [6.07, 6.45) is 3.89. The largest absolute Gasteiger partial charge is 0.321 e. The van der Waals surface area contributed by atoms with Crippen LogP contribution in [0.2, 0.25) is 10.0 Å². The van der Waals surface area contributed by atoms with E-state index in [1.54, 1.807) is 24.3 Å². The zero-order valence-electron chi connectivity index (χ0n) is 15.9. The Bertz CT molecular complexity index is 994. The first-order valence-electron chi connectivity index (χ1n) is 9.72. The highest BCUT2D eigenvalue weighted by Crippen LogP contribution is 2.29. The van der Waals surface area contributed by atoms with E-state index in [-0.39, 0.29) is 5.91 Å². The molecule has 0 unspecified atom stereocenters. The van der Waals surface area contributed by atoms with Crippen molar-refractivity contribution in [1.82, 2.24) is 15.1 Å². The maximum atomic E-state index is 12.6. The molecule has 150 valence electrons. The first-order valence-corrected chi connectivity index (χ1v) is 10.5. The average Bonchev–Trinajstić information content (AvgIpc) is 3.20. The minimum Gasteiger partial charge on any atom is -0.321 e. The third kappa shape index (κ3) is 4.99. The molecule has 7 heteroatoms. The van der Waals surface area contributed by atoms with Crippen molar-refractivity contribution in [2.75, 3.05) is 18.4 Å². The van der Waals surface area contributed by atoms with Crippen LogP contribution in [0.5, 0.6) is 0 Å². The van der Waals surface area contributed by atoms with E-state index in [4.69, 9.17) is 23.2 Å². The Kier molecular flexibility index (Phi) is 6.19. The molecule has 4 rings (SSSR count). The highest BCUT2D eigenvalue weighted by Gasteiger charge is 2.14. The molecule has 0 radical (unpaired) electrons. The number of nitrogens with one attached hydrogen (secondary N) is 2. The fraction of sp³-hybridized carbons (Fsp3) is 0.273. The Morgan fingerprint density at radius 3 is 2.52 bits per heavy atom. The monoisotopic (exact) mass is 428 g/mol. The lowest BCUT2D eigenvalue weighted by molar-refractivity contribution is 0.102. The molecule has 0 saturated carbocycles. The summed E-state index contributed by atoms with van der Waals surface area (Å²) in [4.78, 5) is 15.0. The lowest BCUT2D eigenvalue weighted by atomic mass is 10.1. The van der Waals surface area contributed by atoms with Gasteiger partial charge in [-0.2, -0.15) is 5.10 Å². The number of halogens is 2. The molecule has 3 aromatic rings. The summed E-state index contributed by atoms with van der Waals surface area (Å²) in [5, 5.41) is 10.9. The van der Waals surface area contributed by atoms with E-state index in [2.05, 4.69) is 32.5 Å². The second-order valence-corrected chi connectivity index (χ2v) is 8.12. The van der Waals surface area contributed by atoms with E-state index in [1.807, 2.05) is 12.1 Å². The summed E-state index contributed by atoms with van der Waals surface area (Å²) < 4.78 is 0. The molecule has 0 aliphatic carbocycles. The smallest absolute Gasteiger partial charge is 0.273 e. The number of rotatable bonds is 5. The van der Waals surface area contributed by atoms with E-state index in [0.29, 0.717) is 27.0 Å². The van der Waals surface area contributed by atoms with Gasteiger partial charge in [0.1, 0.15) is 5.69 Å². The van der Waals surface area contributed by atoms with Crippen LogP contribution in [0.4, 0.5) is 5.69 Å². The molecular formula is C22H22Cl2N4O. The number of hydrogen-bond donors (Lipinski definition) is 2. The van der Waals surface area contributed by atoms with E-state index < -0.39 is 0 Å². The Morgan fingerprint density at radius 2 is 1.79 bits per heavy atom. The minimum atomic E-state index is -0.252. The van der Waals surface area contributed by atoms with Crippen LogP contribution in [0.15, 0.2) is 48.5 Å². The maximum Gasteiger partial charge on any atom is 0.273 e. The first-order chi connectivity index (χ1) is 14.1. The highest BCUT2D eigenvalue weighted by molar-refractivity contribution is 6.36. The predicted molar refractivity (Wildman–Crippen MR) is 118 cm³/mol. The molecule has 0 bridgehead atoms. The van der Waals surface area contributed by atoms with Gasteiger partial charge in [-0.1, -0.05) is 41.8 Å². The van der Waals surface area contributed by atoms with Crippen molar-refractivity contribution >= 4 is 34.8 Å². The van der Waals surface area contributed by atoms with E-state index in [9.17, 15) is 4.79 Å². The Morgan fingerprint density at radius 1 is 1.03 bits per heavy atom. The van der Waals surface area contributed by atoms with Crippen molar-refractivity contribution in [2.45, 2.75) is 25.8 Å². The fourth-order valence-electron chi connectivity index (χ4n) is 3.54. The van der Waals surface area contributed by atoms with Crippen molar-refractivity contribution in [3.8, 4) is 11.3 Å². The molecule has 1 fully saturated rings. The van der Waals surface area contributed by atoms with Crippen LogP contribution in [0.25, 0.3) is 11.3 Å². The average molecular weight is 429 g/mol. The normalized spacial score (nSPS) is 14.7. The summed E-state index contributed by atoms with van der Waals surface area (Å²) in [5.41, 5.74) is 3.68. The maximum absolute atomic E-state index is 12.6. The Hall–Kier alpha value is -2.34. The van der Waals surface area contributed by atoms with Crippen LogP contribution in [0, 0.1) is 0 Å². The number of aromatic nitrogens is 2. The van der Waals surface area contributed by atoms with E-state index in [1.165, 1.54) is 24.8 Å². The standard InChI is InChI=1S/C22H22Cl2N4O/c23-16-6-9-18(19(24)12-16)20-13-21(27-26-20)22(29)25-17-7-4-15(5-8-17)14-28-10-2-1-3-11-28/h4-9,12-13H,1-3,10-11,14H2,(H,25,29)(H,26,27). The highest BCUT2D eigenvalue weighted by atomic mass is 35.5. The summed E-state index contributed by atoms with van der Waals surface area (Å²) in [6, 6.07) is 14.8. The topological polar surface area (TPSA) is 61.0 Å². The zero-order chi connectivity index (χ0) is 20.2. The van der Waals surface area contributed by atoms with Crippen LogP contribution < -0.4 is 5.32 Å². The van der Waals surface area contributed by atoms with Gasteiger partial charge >= 0.3 is 0 Å². The molecule has 29 heavy (non-hydrogen) atoms. The molecule has 1 aliphatic heterocycles. The van der Waals surface area contributed by atoms with Gasteiger partial charge in [-0.25, -0.2) is 0 Å². The second-order valence-electron chi connectivity index (χ2n) is 7.28. The fourth-order valence-corrected chi connectivity index (χ4v) is 4.05. The van der Waals surface area contributed by atoms with E-state index in [0.717, 1.165) is 25.3 Å². The molecule has 1 aliphatic rings. The second kappa shape index (κ2) is 8.99. The van der Waals surface area contributed by atoms with Crippen LogP contribution in [-0.2, 0) is 6.54 Å². The Balaban J connectivity index is 1.39. The number of hydrogen-bond acceptors (Lipinski definition) is 3. The molecule has 2 heterocycles. The van der Waals surface area contributed by atoms with Crippen molar-refractivity contribution in [2.24, 2.45) is 0 Å². The third-order valence-electron chi connectivity index (χ3n) is 5.10. The lowest BCUT2D eigenvalue weighted by Gasteiger charge is -2.26. The minimum absolute atomic E-state index is 0.252. The van der Waals surface area contributed by atoms with Gasteiger partial charge in [0, 0.05) is 22.8 Å². The third-order valence-corrected chi connectivity index (χ3v) is 5.64. The van der Waals surface area contributed by atoms with Gasteiger partial charge in [-0.3, -0.25) is 14.8 Å². The summed E-state index contributed by atoms with van der Waals surface area (Å²) in [6.45, 7) is 3.29. The van der Waals surface area contributed by atoms with Crippen molar-refractivity contribution in [3.05, 3.63) is 69.8 Å². The number of likely N-dealkylation sites (tertiary alicyclic amines) is 1. The van der Waals surface area contributed by atoms with E-state index >= 15 is 0 Å². The summed E-state index contributed by atoms with van der Waals surface area (Å²) in [5.74, 6) is -0.252. The van der Waals surface area contributed by atoms with Crippen LogP contribution in [-0.4, -0.2) is 34.1 Å². The lowest BCUT2D eigenvalue weighted by Crippen LogP contribution is -2.29. The van der Waals surface area contributed by atoms with Gasteiger partial charge in [0.2, 0.25) is 0 Å². The van der Waals surface area contributed by atoms with Gasteiger partial charge < -0.3 is 5.32 Å². The number of nitrogens with zero attached hydrogens (tertiary/aromatic N) is 2. The molecule has 2 N–H and O–H groups in total. The molecule has 5 nitrogen and oxygen atoms in total. The molecule has 1 amide bonds. The summed E-state index contributed by atoms with van der Waals surface area (Å²) in [7, 11) is 0. The number of amides is 1. The van der Waals surface area contributed by atoms with Crippen molar-refractivity contribution in [1.29, 1.82) is 0 Å². The molecule has 1 saturated heterocycles. The van der Waals surface area contributed by atoms with Gasteiger partial charge in [0.15, 0.2) is 0 Å². The van der Waals surface area contributed by atoms with Crippen molar-refractivity contribution < 1.29 is 4.79 Å². The number of H-pyrrole nitrogens is 1. The number of piperidine rings is 1. The number of benzene rings is 2. The molecule has 1 aromatic heterocycles. The van der Waals surface area contributed by atoms with Gasteiger partial charge in [0.25, 0.3) is 5.91 Å². The molecule has 0 atom stereocenters. The van der Waals surface area contributed by atoms with Crippen molar-refractivity contribution in [3.63, 3.8) is 0 Å².